The Morgan fingerprint density at radius 2 is 1.90 bits per heavy atom. The van der Waals surface area contributed by atoms with Gasteiger partial charge in [0.1, 0.15) is 0 Å². The van der Waals surface area contributed by atoms with E-state index >= 15 is 0 Å². The number of fused-ring (bicyclic) bond motifs is 1. The maximum Gasteiger partial charge on any atom is 0.251 e. The van der Waals surface area contributed by atoms with Gasteiger partial charge in [-0.25, -0.2) is 0 Å². The van der Waals surface area contributed by atoms with Crippen molar-refractivity contribution < 1.29 is 14.3 Å². The van der Waals surface area contributed by atoms with Gasteiger partial charge in [-0.3, -0.25) is 4.79 Å². The van der Waals surface area contributed by atoms with Crippen LogP contribution in [0, 0.1) is 13.8 Å². The first-order chi connectivity index (χ1) is 10.1. The third kappa shape index (κ3) is 2.84. The van der Waals surface area contributed by atoms with Crippen LogP contribution in [0.5, 0.6) is 11.5 Å². The average Bonchev–Trinajstić information content (AvgIpc) is 2.94. The molecule has 108 valence electrons. The number of rotatable bonds is 3. The molecule has 1 heterocycles. The van der Waals surface area contributed by atoms with Crippen molar-refractivity contribution in [1.29, 1.82) is 0 Å². The first-order valence-electron chi connectivity index (χ1n) is 6.87. The summed E-state index contributed by atoms with van der Waals surface area (Å²) >= 11 is 0. The molecule has 4 nitrogen and oxygen atoms in total. The maximum atomic E-state index is 12.3. The second-order valence-corrected chi connectivity index (χ2v) is 5.19. The highest BCUT2D eigenvalue weighted by Gasteiger charge is 2.14. The number of carbonyl (C=O) groups excluding carboxylic acids is 1. The Morgan fingerprint density at radius 3 is 2.76 bits per heavy atom. The van der Waals surface area contributed by atoms with Gasteiger partial charge in [0.2, 0.25) is 6.79 Å². The summed E-state index contributed by atoms with van der Waals surface area (Å²) in [5, 5.41) is 2.94. The van der Waals surface area contributed by atoms with Crippen molar-refractivity contribution >= 4 is 5.91 Å². The Kier molecular flexibility index (Phi) is 3.52. The van der Waals surface area contributed by atoms with Gasteiger partial charge in [0, 0.05) is 12.1 Å². The number of nitrogens with one attached hydrogen (secondary N) is 1. The van der Waals surface area contributed by atoms with Crippen LogP contribution in [0.25, 0.3) is 0 Å². The zero-order valence-corrected chi connectivity index (χ0v) is 12.1. The fraction of sp³-hybridized carbons (Fsp3) is 0.235. The summed E-state index contributed by atoms with van der Waals surface area (Å²) in [5.41, 5.74) is 3.76. The Bertz CT molecular complexity index is 694. The summed E-state index contributed by atoms with van der Waals surface area (Å²) < 4.78 is 10.6. The SMILES string of the molecule is Cc1ccc(C)c(C(=O)NCc2ccc3c(c2)OCO3)c1. The molecule has 0 saturated carbocycles. The number of aryl methyl sites for hydroxylation is 2. The Labute approximate surface area is 123 Å². The molecule has 0 unspecified atom stereocenters. The molecule has 0 bridgehead atoms. The van der Waals surface area contributed by atoms with Crippen molar-refractivity contribution in [3.05, 3.63) is 58.7 Å². The molecule has 1 amide bonds. The zero-order chi connectivity index (χ0) is 14.8. The Morgan fingerprint density at radius 1 is 1.10 bits per heavy atom. The molecule has 0 spiro atoms. The van der Waals surface area contributed by atoms with Crippen LogP contribution in [0.15, 0.2) is 36.4 Å². The lowest BCUT2D eigenvalue weighted by atomic mass is 10.0. The van der Waals surface area contributed by atoms with Gasteiger partial charge in [-0.2, -0.15) is 0 Å². The summed E-state index contributed by atoms with van der Waals surface area (Å²) in [6, 6.07) is 11.6. The van der Waals surface area contributed by atoms with Gasteiger partial charge < -0.3 is 14.8 Å². The van der Waals surface area contributed by atoms with E-state index in [1.807, 2.05) is 50.2 Å². The molecule has 0 aromatic heterocycles. The molecule has 1 N–H and O–H groups in total. The highest BCUT2D eigenvalue weighted by molar-refractivity contribution is 5.95. The van der Waals surface area contributed by atoms with E-state index in [9.17, 15) is 4.79 Å². The molecular weight excluding hydrogens is 266 g/mol. The molecule has 0 aliphatic carbocycles. The summed E-state index contributed by atoms with van der Waals surface area (Å²) in [7, 11) is 0. The molecule has 0 fully saturated rings. The molecule has 2 aromatic carbocycles. The van der Waals surface area contributed by atoms with E-state index in [1.54, 1.807) is 0 Å². The number of hydrogen-bond donors (Lipinski definition) is 1. The van der Waals surface area contributed by atoms with Gasteiger partial charge in [0.05, 0.1) is 0 Å². The van der Waals surface area contributed by atoms with E-state index < -0.39 is 0 Å². The number of ether oxygens (including phenoxy) is 2. The summed E-state index contributed by atoms with van der Waals surface area (Å²) in [6.45, 7) is 4.64. The van der Waals surface area contributed by atoms with E-state index in [4.69, 9.17) is 9.47 Å². The summed E-state index contributed by atoms with van der Waals surface area (Å²) in [4.78, 5) is 12.3. The van der Waals surface area contributed by atoms with Gasteiger partial charge >= 0.3 is 0 Å². The smallest absolute Gasteiger partial charge is 0.251 e. The number of amides is 1. The standard InChI is InChI=1S/C17H17NO3/c1-11-3-4-12(2)14(7-11)17(19)18-9-13-5-6-15-16(8-13)21-10-20-15/h3-8H,9-10H2,1-2H3,(H,18,19). The molecule has 0 atom stereocenters. The number of hydrogen-bond acceptors (Lipinski definition) is 3. The first kappa shape index (κ1) is 13.5. The minimum absolute atomic E-state index is 0.0612. The van der Waals surface area contributed by atoms with E-state index in [0.29, 0.717) is 6.54 Å². The van der Waals surface area contributed by atoms with E-state index in [1.165, 1.54) is 0 Å². The van der Waals surface area contributed by atoms with E-state index in [0.717, 1.165) is 33.8 Å². The van der Waals surface area contributed by atoms with Gasteiger partial charge in [-0.15, -0.1) is 0 Å². The van der Waals surface area contributed by atoms with E-state index in [2.05, 4.69) is 5.32 Å². The van der Waals surface area contributed by atoms with Gasteiger partial charge in [0.15, 0.2) is 11.5 Å². The largest absolute Gasteiger partial charge is 0.454 e. The molecule has 2 aromatic rings. The number of carbonyl (C=O) groups is 1. The predicted molar refractivity (Wildman–Crippen MR) is 79.7 cm³/mol. The van der Waals surface area contributed by atoms with Crippen molar-refractivity contribution in [3.63, 3.8) is 0 Å². The van der Waals surface area contributed by atoms with Gasteiger partial charge in [0.25, 0.3) is 5.91 Å². The van der Waals surface area contributed by atoms with E-state index in [-0.39, 0.29) is 12.7 Å². The normalized spacial score (nSPS) is 12.3. The lowest BCUT2D eigenvalue weighted by molar-refractivity contribution is 0.0950. The molecule has 0 saturated heterocycles. The van der Waals surface area contributed by atoms with Crippen molar-refractivity contribution in [2.24, 2.45) is 0 Å². The van der Waals surface area contributed by atoms with Crippen molar-refractivity contribution in [2.45, 2.75) is 20.4 Å². The summed E-state index contributed by atoms with van der Waals surface area (Å²) in [5.74, 6) is 1.42. The third-order valence-corrected chi connectivity index (χ3v) is 3.53. The van der Waals surface area contributed by atoms with Crippen LogP contribution in [0.3, 0.4) is 0 Å². The fourth-order valence-electron chi connectivity index (χ4n) is 2.31. The molecular formula is C17H17NO3. The van der Waals surface area contributed by atoms with Crippen LogP contribution in [0.4, 0.5) is 0 Å². The lowest BCUT2D eigenvalue weighted by Crippen LogP contribution is -2.23. The topological polar surface area (TPSA) is 47.6 Å². The van der Waals surface area contributed by atoms with Crippen LogP contribution >= 0.6 is 0 Å². The van der Waals surface area contributed by atoms with Crippen molar-refractivity contribution in [2.75, 3.05) is 6.79 Å². The van der Waals surface area contributed by atoms with Crippen LogP contribution in [0.2, 0.25) is 0 Å². The van der Waals surface area contributed by atoms with Crippen molar-refractivity contribution in [1.82, 2.24) is 5.32 Å². The quantitative estimate of drug-likeness (QED) is 0.942. The highest BCUT2D eigenvalue weighted by atomic mass is 16.7. The fourth-order valence-corrected chi connectivity index (χ4v) is 2.31. The predicted octanol–water partition coefficient (Wildman–Crippen LogP) is 2.96. The van der Waals surface area contributed by atoms with Crippen LogP contribution in [-0.2, 0) is 6.54 Å². The molecule has 0 radical (unpaired) electrons. The highest BCUT2D eigenvalue weighted by Crippen LogP contribution is 2.32. The minimum Gasteiger partial charge on any atom is -0.454 e. The Balaban J connectivity index is 1.70. The second kappa shape index (κ2) is 5.48. The monoisotopic (exact) mass is 283 g/mol. The molecule has 21 heavy (non-hydrogen) atoms. The van der Waals surface area contributed by atoms with Crippen LogP contribution in [0.1, 0.15) is 27.0 Å². The van der Waals surface area contributed by atoms with Crippen LogP contribution < -0.4 is 14.8 Å². The molecule has 4 heteroatoms. The molecule has 1 aliphatic rings. The average molecular weight is 283 g/mol. The number of benzene rings is 2. The lowest BCUT2D eigenvalue weighted by Gasteiger charge is -2.09. The molecule has 1 aliphatic heterocycles. The maximum absolute atomic E-state index is 12.3. The Hall–Kier alpha value is -2.49. The summed E-state index contributed by atoms with van der Waals surface area (Å²) in [6.07, 6.45) is 0. The first-order valence-corrected chi connectivity index (χ1v) is 6.87. The minimum atomic E-state index is -0.0612. The van der Waals surface area contributed by atoms with Gasteiger partial charge in [-0.05, 0) is 43.2 Å². The zero-order valence-electron chi connectivity index (χ0n) is 12.1. The third-order valence-electron chi connectivity index (χ3n) is 3.53. The van der Waals surface area contributed by atoms with Crippen LogP contribution in [-0.4, -0.2) is 12.7 Å². The van der Waals surface area contributed by atoms with Crippen molar-refractivity contribution in [3.8, 4) is 11.5 Å². The second-order valence-electron chi connectivity index (χ2n) is 5.19. The molecule has 3 rings (SSSR count). The van der Waals surface area contributed by atoms with Gasteiger partial charge in [-0.1, -0.05) is 23.8 Å².